The minimum atomic E-state index is -0.514. The van der Waals surface area contributed by atoms with Crippen molar-refractivity contribution in [1.29, 1.82) is 0 Å². The first-order chi connectivity index (χ1) is 10.1. The van der Waals surface area contributed by atoms with Gasteiger partial charge in [-0.25, -0.2) is 0 Å². The maximum atomic E-state index is 11.8. The highest BCUT2D eigenvalue weighted by Gasteiger charge is 2.13. The Morgan fingerprint density at radius 2 is 2.10 bits per heavy atom. The number of hydrogen-bond acceptors (Lipinski definition) is 4. The first-order valence-corrected chi connectivity index (χ1v) is 7.17. The minimum absolute atomic E-state index is 0.134. The molecule has 0 aromatic heterocycles. The van der Waals surface area contributed by atoms with Gasteiger partial charge in [0.1, 0.15) is 0 Å². The van der Waals surface area contributed by atoms with Crippen LogP contribution in [0.1, 0.15) is 29.6 Å². The van der Waals surface area contributed by atoms with E-state index in [1.54, 1.807) is 24.3 Å². The molecule has 1 aliphatic heterocycles. The molecule has 0 saturated carbocycles. The van der Waals surface area contributed by atoms with Crippen molar-refractivity contribution in [3.8, 4) is 0 Å². The molecule has 21 heavy (non-hydrogen) atoms. The molecule has 1 aromatic carbocycles. The Hall–Kier alpha value is -1.92. The van der Waals surface area contributed by atoms with Gasteiger partial charge < -0.3 is 21.1 Å². The smallest absolute Gasteiger partial charge is 0.248 e. The van der Waals surface area contributed by atoms with E-state index in [1.807, 2.05) is 0 Å². The molecule has 1 fully saturated rings. The third-order valence-electron chi connectivity index (χ3n) is 3.40. The zero-order valence-corrected chi connectivity index (χ0v) is 11.9. The SMILES string of the molecule is NC(=O)c1cccc(NC(=O)CCOC2CCNCC2)c1. The summed E-state index contributed by atoms with van der Waals surface area (Å²) in [5.74, 6) is -0.647. The van der Waals surface area contributed by atoms with E-state index < -0.39 is 5.91 Å². The number of nitrogens with two attached hydrogens (primary N) is 1. The fourth-order valence-corrected chi connectivity index (χ4v) is 2.25. The molecule has 0 radical (unpaired) electrons. The summed E-state index contributed by atoms with van der Waals surface area (Å²) in [7, 11) is 0. The second kappa shape index (κ2) is 7.75. The lowest BCUT2D eigenvalue weighted by atomic mass is 10.1. The number of ether oxygens (including phenoxy) is 1. The Morgan fingerprint density at radius 1 is 1.33 bits per heavy atom. The monoisotopic (exact) mass is 291 g/mol. The van der Waals surface area contributed by atoms with E-state index in [2.05, 4.69) is 10.6 Å². The van der Waals surface area contributed by atoms with Gasteiger partial charge in [-0.05, 0) is 44.1 Å². The van der Waals surface area contributed by atoms with Gasteiger partial charge in [-0.3, -0.25) is 9.59 Å². The third-order valence-corrected chi connectivity index (χ3v) is 3.40. The van der Waals surface area contributed by atoms with Gasteiger partial charge in [0.2, 0.25) is 11.8 Å². The topological polar surface area (TPSA) is 93.5 Å². The molecular weight excluding hydrogens is 270 g/mol. The van der Waals surface area contributed by atoms with Crippen LogP contribution in [-0.2, 0) is 9.53 Å². The largest absolute Gasteiger partial charge is 0.378 e. The van der Waals surface area contributed by atoms with Crippen LogP contribution in [0, 0.1) is 0 Å². The molecule has 6 heteroatoms. The highest BCUT2D eigenvalue weighted by atomic mass is 16.5. The van der Waals surface area contributed by atoms with Gasteiger partial charge in [-0.1, -0.05) is 6.07 Å². The summed E-state index contributed by atoms with van der Waals surface area (Å²) in [6.07, 6.45) is 2.52. The summed E-state index contributed by atoms with van der Waals surface area (Å²) in [6.45, 7) is 2.35. The summed E-state index contributed by atoms with van der Waals surface area (Å²) in [5.41, 5.74) is 6.14. The third kappa shape index (κ3) is 5.17. The second-order valence-electron chi connectivity index (χ2n) is 5.06. The molecule has 1 saturated heterocycles. The van der Waals surface area contributed by atoms with Gasteiger partial charge in [0.05, 0.1) is 19.1 Å². The Morgan fingerprint density at radius 3 is 2.81 bits per heavy atom. The minimum Gasteiger partial charge on any atom is -0.378 e. The number of nitrogens with one attached hydrogen (secondary N) is 2. The van der Waals surface area contributed by atoms with Crippen LogP contribution in [0.3, 0.4) is 0 Å². The molecule has 114 valence electrons. The molecule has 0 unspecified atom stereocenters. The lowest BCUT2D eigenvalue weighted by Gasteiger charge is -2.22. The van der Waals surface area contributed by atoms with E-state index in [1.165, 1.54) is 0 Å². The first-order valence-electron chi connectivity index (χ1n) is 7.17. The molecule has 1 aromatic rings. The summed E-state index contributed by atoms with van der Waals surface area (Å²) in [6, 6.07) is 6.57. The van der Waals surface area contributed by atoms with Crippen LogP contribution < -0.4 is 16.4 Å². The maximum absolute atomic E-state index is 11.8. The standard InChI is InChI=1S/C15H21N3O3/c16-15(20)11-2-1-3-12(10-11)18-14(19)6-9-21-13-4-7-17-8-5-13/h1-3,10,13,17H,4-9H2,(H2,16,20)(H,18,19). The van der Waals surface area contributed by atoms with Crippen molar-refractivity contribution in [3.63, 3.8) is 0 Å². The van der Waals surface area contributed by atoms with Crippen molar-refractivity contribution < 1.29 is 14.3 Å². The number of primary amides is 1. The molecule has 4 N–H and O–H groups in total. The van der Waals surface area contributed by atoms with Crippen LogP contribution in [0.15, 0.2) is 24.3 Å². The summed E-state index contributed by atoms with van der Waals surface area (Å²) >= 11 is 0. The number of hydrogen-bond donors (Lipinski definition) is 3. The van der Waals surface area contributed by atoms with E-state index in [0.717, 1.165) is 25.9 Å². The molecular formula is C15H21N3O3. The average molecular weight is 291 g/mol. The molecule has 2 amide bonds. The number of amides is 2. The molecule has 0 aliphatic carbocycles. The zero-order chi connectivity index (χ0) is 15.1. The Bertz CT molecular complexity index is 499. The highest BCUT2D eigenvalue weighted by molar-refractivity contribution is 5.96. The molecule has 2 rings (SSSR count). The molecule has 0 bridgehead atoms. The number of carbonyl (C=O) groups is 2. The zero-order valence-electron chi connectivity index (χ0n) is 11.9. The van der Waals surface area contributed by atoms with E-state index in [9.17, 15) is 9.59 Å². The van der Waals surface area contributed by atoms with Gasteiger partial charge in [0, 0.05) is 11.3 Å². The van der Waals surface area contributed by atoms with E-state index in [-0.39, 0.29) is 12.0 Å². The van der Waals surface area contributed by atoms with Crippen LogP contribution in [0.25, 0.3) is 0 Å². The van der Waals surface area contributed by atoms with Gasteiger partial charge >= 0.3 is 0 Å². The van der Waals surface area contributed by atoms with Crippen LogP contribution in [0.5, 0.6) is 0 Å². The maximum Gasteiger partial charge on any atom is 0.248 e. The lowest BCUT2D eigenvalue weighted by molar-refractivity contribution is -0.117. The number of rotatable bonds is 6. The number of carbonyl (C=O) groups excluding carboxylic acids is 2. The van der Waals surface area contributed by atoms with E-state index >= 15 is 0 Å². The van der Waals surface area contributed by atoms with Crippen molar-refractivity contribution in [2.75, 3.05) is 25.0 Å². The van der Waals surface area contributed by atoms with Crippen molar-refractivity contribution in [2.45, 2.75) is 25.4 Å². The van der Waals surface area contributed by atoms with Crippen LogP contribution in [0.2, 0.25) is 0 Å². The van der Waals surface area contributed by atoms with Crippen LogP contribution in [0.4, 0.5) is 5.69 Å². The predicted octanol–water partition coefficient (Wildman–Crippen LogP) is 0.883. The summed E-state index contributed by atoms with van der Waals surface area (Å²) < 4.78 is 5.68. The number of anilines is 1. The Labute approximate surface area is 124 Å². The fourth-order valence-electron chi connectivity index (χ4n) is 2.25. The Kier molecular flexibility index (Phi) is 5.71. The quantitative estimate of drug-likeness (QED) is 0.725. The fraction of sp³-hybridized carbons (Fsp3) is 0.467. The normalized spacial score (nSPS) is 15.6. The van der Waals surface area contributed by atoms with Gasteiger partial charge in [-0.2, -0.15) is 0 Å². The van der Waals surface area contributed by atoms with Crippen molar-refractivity contribution in [2.24, 2.45) is 5.73 Å². The van der Waals surface area contributed by atoms with Crippen LogP contribution >= 0.6 is 0 Å². The van der Waals surface area contributed by atoms with Gasteiger partial charge in [-0.15, -0.1) is 0 Å². The van der Waals surface area contributed by atoms with Gasteiger partial charge in [0.15, 0.2) is 0 Å². The van der Waals surface area contributed by atoms with Crippen LogP contribution in [-0.4, -0.2) is 37.6 Å². The number of benzene rings is 1. The van der Waals surface area contributed by atoms with E-state index in [0.29, 0.717) is 24.3 Å². The average Bonchev–Trinajstić information content (AvgIpc) is 2.48. The number of piperidine rings is 1. The lowest BCUT2D eigenvalue weighted by Crippen LogP contribution is -2.33. The van der Waals surface area contributed by atoms with Crippen molar-refractivity contribution in [1.82, 2.24) is 5.32 Å². The summed E-state index contributed by atoms with van der Waals surface area (Å²) in [5, 5.41) is 6.00. The molecule has 1 heterocycles. The molecule has 1 aliphatic rings. The van der Waals surface area contributed by atoms with Crippen molar-refractivity contribution in [3.05, 3.63) is 29.8 Å². The van der Waals surface area contributed by atoms with E-state index in [4.69, 9.17) is 10.5 Å². The predicted molar refractivity (Wildman–Crippen MR) is 80.1 cm³/mol. The highest BCUT2D eigenvalue weighted by Crippen LogP contribution is 2.11. The molecule has 0 atom stereocenters. The molecule has 0 spiro atoms. The Balaban J connectivity index is 1.73. The van der Waals surface area contributed by atoms with Crippen molar-refractivity contribution >= 4 is 17.5 Å². The molecule has 6 nitrogen and oxygen atoms in total. The van der Waals surface area contributed by atoms with Gasteiger partial charge in [0.25, 0.3) is 0 Å². The first kappa shape index (κ1) is 15.5. The second-order valence-corrected chi connectivity index (χ2v) is 5.06. The summed E-state index contributed by atoms with van der Waals surface area (Å²) in [4.78, 5) is 22.9.